The van der Waals surface area contributed by atoms with Crippen molar-refractivity contribution in [1.29, 1.82) is 0 Å². The second kappa shape index (κ2) is 7.29. The van der Waals surface area contributed by atoms with Gasteiger partial charge in [0.2, 0.25) is 5.89 Å². The van der Waals surface area contributed by atoms with Crippen LogP contribution in [0.4, 0.5) is 0 Å². The number of benzene rings is 1. The van der Waals surface area contributed by atoms with E-state index >= 15 is 0 Å². The summed E-state index contributed by atoms with van der Waals surface area (Å²) in [6.45, 7) is 0.388. The summed E-state index contributed by atoms with van der Waals surface area (Å²) in [7, 11) is 3.35. The number of H-pyrrole nitrogens is 1. The van der Waals surface area contributed by atoms with E-state index in [0.717, 1.165) is 5.69 Å². The zero-order valence-corrected chi connectivity index (χ0v) is 17.7. The number of methoxy groups -OCH3 is 1. The van der Waals surface area contributed by atoms with Crippen LogP contribution in [-0.2, 0) is 13.5 Å². The van der Waals surface area contributed by atoms with E-state index in [1.165, 1.54) is 0 Å². The summed E-state index contributed by atoms with van der Waals surface area (Å²) >= 11 is 0. The number of nitrogens with zero attached hydrogens (tertiary/aromatic N) is 7. The topological polar surface area (TPSA) is 141 Å². The Balaban J connectivity index is 1.41. The summed E-state index contributed by atoms with van der Waals surface area (Å²) < 4.78 is 18.8. The van der Waals surface area contributed by atoms with E-state index in [4.69, 9.17) is 13.6 Å². The predicted octanol–water partition coefficient (Wildman–Crippen LogP) is 2.13. The van der Waals surface area contributed by atoms with Crippen LogP contribution in [-0.4, -0.2) is 59.4 Å². The molecule has 12 heteroatoms. The fourth-order valence-electron chi connectivity index (χ4n) is 4.05. The molecule has 6 rings (SSSR count). The molecule has 12 nitrogen and oxygen atoms in total. The average molecular weight is 446 g/mol. The molecule has 0 fully saturated rings. The minimum Gasteiger partial charge on any atom is -0.494 e. The van der Waals surface area contributed by atoms with Gasteiger partial charge in [-0.2, -0.15) is 5.10 Å². The lowest BCUT2D eigenvalue weighted by molar-refractivity contribution is 0.0627. The molecule has 1 amide bonds. The lowest BCUT2D eigenvalue weighted by Gasteiger charge is -2.31. The Morgan fingerprint density at radius 1 is 1.27 bits per heavy atom. The number of amides is 1. The number of hydrogen-bond donors (Lipinski definition) is 1. The lowest BCUT2D eigenvalue weighted by atomic mass is 10.0. The van der Waals surface area contributed by atoms with Crippen molar-refractivity contribution in [1.82, 2.24) is 39.8 Å². The van der Waals surface area contributed by atoms with E-state index < -0.39 is 11.9 Å². The number of carbonyl (C=O) groups is 1. The van der Waals surface area contributed by atoms with E-state index in [0.29, 0.717) is 47.0 Å². The second-order valence-electron chi connectivity index (χ2n) is 7.59. The number of ether oxygens (including phenoxy) is 1. The molecule has 0 unspecified atom stereocenters. The van der Waals surface area contributed by atoms with Crippen molar-refractivity contribution in [2.24, 2.45) is 7.05 Å². The van der Waals surface area contributed by atoms with Gasteiger partial charge in [-0.15, -0.1) is 10.2 Å². The first kappa shape index (κ1) is 19.2. The van der Waals surface area contributed by atoms with Gasteiger partial charge < -0.3 is 23.5 Å². The molecule has 166 valence electrons. The van der Waals surface area contributed by atoms with Crippen molar-refractivity contribution in [2.45, 2.75) is 12.5 Å². The van der Waals surface area contributed by atoms with Crippen LogP contribution < -0.4 is 4.74 Å². The maximum atomic E-state index is 13.5. The highest BCUT2D eigenvalue weighted by molar-refractivity contribution is 5.90. The number of fused-ring (bicyclic) bond motifs is 2. The molecule has 5 aromatic rings. The van der Waals surface area contributed by atoms with Gasteiger partial charge in [0.15, 0.2) is 17.1 Å². The molecule has 1 aliphatic heterocycles. The van der Waals surface area contributed by atoms with E-state index in [-0.39, 0.29) is 11.8 Å². The Bertz CT molecular complexity index is 1480. The summed E-state index contributed by atoms with van der Waals surface area (Å²) in [6, 6.07) is 4.75. The van der Waals surface area contributed by atoms with Gasteiger partial charge in [0.05, 0.1) is 30.9 Å². The molecule has 0 saturated heterocycles. The monoisotopic (exact) mass is 446 g/mol. The zero-order valence-electron chi connectivity index (χ0n) is 17.7. The molecule has 1 aromatic carbocycles. The Kier molecular flexibility index (Phi) is 4.25. The van der Waals surface area contributed by atoms with Crippen molar-refractivity contribution >= 4 is 17.0 Å². The van der Waals surface area contributed by atoms with Crippen LogP contribution in [0, 0.1) is 0 Å². The van der Waals surface area contributed by atoms with Crippen molar-refractivity contribution in [3.05, 3.63) is 60.1 Å². The molecule has 0 radical (unpaired) electrons. The minimum atomic E-state index is -0.668. The van der Waals surface area contributed by atoms with Crippen LogP contribution in [0.5, 0.6) is 5.75 Å². The van der Waals surface area contributed by atoms with E-state index in [1.54, 1.807) is 54.6 Å². The van der Waals surface area contributed by atoms with Gasteiger partial charge in [-0.05, 0) is 12.1 Å². The van der Waals surface area contributed by atoms with Gasteiger partial charge in [-0.3, -0.25) is 9.48 Å². The highest BCUT2D eigenvalue weighted by Crippen LogP contribution is 2.37. The average Bonchev–Trinajstić information content (AvgIpc) is 3.62. The number of aryl methyl sites for hydroxylation is 1. The Hall–Kier alpha value is -4.48. The van der Waals surface area contributed by atoms with Gasteiger partial charge in [0.25, 0.3) is 5.89 Å². The maximum absolute atomic E-state index is 13.5. The highest BCUT2D eigenvalue weighted by Gasteiger charge is 2.39. The summed E-state index contributed by atoms with van der Waals surface area (Å²) in [5.74, 6) is 0.545. The number of nitrogens with one attached hydrogen (secondary N) is 1. The first-order chi connectivity index (χ1) is 16.1. The number of aromatic amines is 1. The normalized spacial score (nSPS) is 15.7. The van der Waals surface area contributed by atoms with Crippen LogP contribution in [0.25, 0.3) is 22.6 Å². The number of aromatic nitrogens is 7. The summed E-state index contributed by atoms with van der Waals surface area (Å²) in [5.41, 5.74) is 3.32. The van der Waals surface area contributed by atoms with E-state index in [1.807, 2.05) is 6.07 Å². The molecule has 1 N–H and O–H groups in total. The Morgan fingerprint density at radius 3 is 3.00 bits per heavy atom. The molecular formula is C21H18N8O4. The number of para-hydroxylation sites is 1. The largest absolute Gasteiger partial charge is 0.494 e. The molecule has 1 aliphatic rings. The molecule has 1 atom stereocenters. The Labute approximate surface area is 186 Å². The molecule has 0 spiro atoms. The highest BCUT2D eigenvalue weighted by atomic mass is 16.5. The Morgan fingerprint density at radius 2 is 2.18 bits per heavy atom. The van der Waals surface area contributed by atoms with Gasteiger partial charge in [0.1, 0.15) is 5.75 Å². The SMILES string of the molecule is COc1cccc2oc([C@@H]3c4nc[nH]c4CCN3C(=O)c3nnc(-c4cnn(C)c4)o3)nc12. The van der Waals surface area contributed by atoms with Crippen LogP contribution in [0.15, 0.2) is 45.8 Å². The number of rotatable bonds is 4. The number of carbonyl (C=O) groups excluding carboxylic acids is 1. The van der Waals surface area contributed by atoms with Crippen molar-refractivity contribution in [3.8, 4) is 17.2 Å². The van der Waals surface area contributed by atoms with Crippen LogP contribution in [0.3, 0.4) is 0 Å². The van der Waals surface area contributed by atoms with Crippen molar-refractivity contribution in [3.63, 3.8) is 0 Å². The minimum absolute atomic E-state index is 0.133. The smallest absolute Gasteiger partial charge is 0.312 e. The van der Waals surface area contributed by atoms with Crippen molar-refractivity contribution < 1.29 is 18.4 Å². The van der Waals surface area contributed by atoms with Gasteiger partial charge in [-0.25, -0.2) is 9.97 Å². The fraction of sp³-hybridized carbons (Fsp3) is 0.238. The molecule has 0 saturated carbocycles. The zero-order chi connectivity index (χ0) is 22.5. The molecule has 5 heterocycles. The van der Waals surface area contributed by atoms with Gasteiger partial charge in [0, 0.05) is 31.9 Å². The maximum Gasteiger partial charge on any atom is 0.312 e. The first-order valence-electron chi connectivity index (χ1n) is 10.2. The van der Waals surface area contributed by atoms with Crippen molar-refractivity contribution in [2.75, 3.05) is 13.7 Å². The van der Waals surface area contributed by atoms with Crippen LogP contribution in [0.2, 0.25) is 0 Å². The fourth-order valence-corrected chi connectivity index (χ4v) is 4.05. The predicted molar refractivity (Wildman–Crippen MR) is 112 cm³/mol. The summed E-state index contributed by atoms with van der Waals surface area (Å²) in [6.07, 6.45) is 5.51. The number of imidazole rings is 1. The van der Waals surface area contributed by atoms with Gasteiger partial charge in [-0.1, -0.05) is 6.07 Å². The summed E-state index contributed by atoms with van der Waals surface area (Å²) in [5, 5.41) is 12.1. The van der Waals surface area contributed by atoms with Gasteiger partial charge >= 0.3 is 11.8 Å². The number of hydrogen-bond acceptors (Lipinski definition) is 9. The number of oxazole rings is 1. The van der Waals surface area contributed by atoms with Crippen LogP contribution in [0.1, 0.15) is 34.0 Å². The standard InChI is InChI=1S/C21H18N8O4/c1-28-9-11(8-24-28)18-26-27-20(33-18)21(30)29-7-6-12-15(23-10-22-12)17(29)19-25-16-13(31-2)4-3-5-14(16)32-19/h3-5,8-10,17H,6-7H2,1-2H3,(H,22,23)/t17-/m0/s1. The van der Waals surface area contributed by atoms with E-state index in [2.05, 4.69) is 30.2 Å². The third kappa shape index (κ3) is 3.06. The third-order valence-corrected chi connectivity index (χ3v) is 5.60. The van der Waals surface area contributed by atoms with Crippen LogP contribution >= 0.6 is 0 Å². The third-order valence-electron chi connectivity index (χ3n) is 5.60. The molecule has 33 heavy (non-hydrogen) atoms. The molecule has 0 bridgehead atoms. The van der Waals surface area contributed by atoms with E-state index in [9.17, 15) is 4.79 Å². The second-order valence-corrected chi connectivity index (χ2v) is 7.59. The first-order valence-corrected chi connectivity index (χ1v) is 10.2. The molecule has 0 aliphatic carbocycles. The quantitative estimate of drug-likeness (QED) is 0.439. The summed E-state index contributed by atoms with van der Waals surface area (Å²) in [4.78, 5) is 27.3. The molecular weight excluding hydrogens is 428 g/mol. The molecule has 4 aromatic heterocycles. The lowest BCUT2D eigenvalue weighted by Crippen LogP contribution is -2.41.